The molecule has 0 amide bonds. The van der Waals surface area contributed by atoms with Gasteiger partial charge in [-0.2, -0.15) is 0 Å². The van der Waals surface area contributed by atoms with Crippen LogP contribution in [0.4, 0.5) is 5.69 Å². The third kappa shape index (κ3) is 5.65. The number of nitrogens with one attached hydrogen (secondary N) is 2. The molecule has 2 N–H and O–H groups in total. The Labute approximate surface area is 145 Å². The van der Waals surface area contributed by atoms with Crippen molar-refractivity contribution in [2.45, 2.75) is 19.9 Å². The third-order valence-corrected chi connectivity index (χ3v) is 3.98. The van der Waals surface area contributed by atoms with E-state index in [0.717, 1.165) is 38.6 Å². The van der Waals surface area contributed by atoms with Crippen molar-refractivity contribution < 1.29 is 0 Å². The lowest BCUT2D eigenvalue weighted by atomic mass is 10.2. The minimum atomic E-state index is 0.783. The number of nitrogens with zero attached hydrogens (tertiary/aromatic N) is 3. The van der Waals surface area contributed by atoms with Crippen LogP contribution >= 0.6 is 0 Å². The number of anilines is 1. The number of aliphatic imine (C=N–C) groups is 1. The molecule has 0 saturated carbocycles. The Kier molecular flexibility index (Phi) is 7.21. The Hall–Kier alpha value is -2.43. The second-order valence-electron chi connectivity index (χ2n) is 5.81. The van der Waals surface area contributed by atoms with E-state index in [1.54, 1.807) is 0 Å². The summed E-state index contributed by atoms with van der Waals surface area (Å²) in [7, 11) is 3.84. The highest BCUT2D eigenvalue weighted by molar-refractivity contribution is 5.79. The standard InChI is InChI=1S/C19H29N5/c1-4-24(18-9-6-5-7-10-18)13-8-12-21-19(20-2)22-15-17-11-14-23(3)16-17/h5-7,9-11,14,16H,4,8,12-13,15H2,1-3H3,(H2,20,21,22). The van der Waals surface area contributed by atoms with E-state index in [9.17, 15) is 0 Å². The molecule has 24 heavy (non-hydrogen) atoms. The van der Waals surface area contributed by atoms with Crippen LogP contribution in [0.15, 0.2) is 53.8 Å². The number of aromatic nitrogens is 1. The molecule has 0 aliphatic rings. The zero-order valence-corrected chi connectivity index (χ0v) is 15.0. The summed E-state index contributed by atoms with van der Waals surface area (Å²) in [5.74, 6) is 0.849. The van der Waals surface area contributed by atoms with Crippen LogP contribution in [-0.2, 0) is 13.6 Å². The van der Waals surface area contributed by atoms with Crippen LogP contribution in [0.1, 0.15) is 18.9 Å². The number of aryl methyl sites for hydroxylation is 1. The topological polar surface area (TPSA) is 44.6 Å². The molecule has 2 aromatic rings. The molecule has 0 spiro atoms. The molecule has 2 rings (SSSR count). The average molecular weight is 327 g/mol. The first-order chi connectivity index (χ1) is 11.7. The molecule has 1 aromatic carbocycles. The Balaban J connectivity index is 1.69. The lowest BCUT2D eigenvalue weighted by Gasteiger charge is -2.23. The number of para-hydroxylation sites is 1. The van der Waals surface area contributed by atoms with E-state index >= 15 is 0 Å². The molecule has 0 bridgehead atoms. The summed E-state index contributed by atoms with van der Waals surface area (Å²) in [6, 6.07) is 12.7. The van der Waals surface area contributed by atoms with Crippen molar-refractivity contribution in [3.8, 4) is 0 Å². The van der Waals surface area contributed by atoms with Gasteiger partial charge in [-0.25, -0.2) is 0 Å². The number of hydrogen-bond donors (Lipinski definition) is 2. The SMILES string of the molecule is CCN(CCCNC(=NC)NCc1ccn(C)c1)c1ccccc1. The van der Waals surface area contributed by atoms with Gasteiger partial charge in [0.1, 0.15) is 0 Å². The van der Waals surface area contributed by atoms with Crippen LogP contribution in [-0.4, -0.2) is 37.2 Å². The smallest absolute Gasteiger partial charge is 0.191 e. The normalized spacial score (nSPS) is 11.4. The Bertz CT molecular complexity index is 618. The van der Waals surface area contributed by atoms with Crippen molar-refractivity contribution in [3.05, 3.63) is 54.4 Å². The molecule has 0 saturated heterocycles. The van der Waals surface area contributed by atoms with Crippen LogP contribution in [0.3, 0.4) is 0 Å². The van der Waals surface area contributed by atoms with Crippen LogP contribution in [0.2, 0.25) is 0 Å². The molecule has 5 heteroatoms. The predicted molar refractivity (Wildman–Crippen MR) is 103 cm³/mol. The van der Waals surface area contributed by atoms with E-state index in [1.807, 2.05) is 14.1 Å². The fraction of sp³-hybridized carbons (Fsp3) is 0.421. The van der Waals surface area contributed by atoms with Crippen LogP contribution < -0.4 is 15.5 Å². The summed E-state index contributed by atoms with van der Waals surface area (Å²) in [5, 5.41) is 6.73. The third-order valence-electron chi connectivity index (χ3n) is 3.98. The molecule has 0 atom stereocenters. The van der Waals surface area contributed by atoms with E-state index in [-0.39, 0.29) is 0 Å². The zero-order chi connectivity index (χ0) is 17.2. The molecule has 5 nitrogen and oxygen atoms in total. The van der Waals surface area contributed by atoms with Crippen molar-refractivity contribution in [1.29, 1.82) is 0 Å². The van der Waals surface area contributed by atoms with Crippen LogP contribution in [0, 0.1) is 0 Å². The van der Waals surface area contributed by atoms with Crippen LogP contribution in [0.25, 0.3) is 0 Å². The predicted octanol–water partition coefficient (Wildman–Crippen LogP) is 2.61. The van der Waals surface area contributed by atoms with Gasteiger partial charge in [0, 0.05) is 58.4 Å². The number of rotatable bonds is 8. The lowest BCUT2D eigenvalue weighted by Crippen LogP contribution is -2.38. The molecule has 0 unspecified atom stereocenters. The fourth-order valence-corrected chi connectivity index (χ4v) is 2.66. The first-order valence-corrected chi connectivity index (χ1v) is 8.58. The van der Waals surface area contributed by atoms with E-state index < -0.39 is 0 Å². The second-order valence-corrected chi connectivity index (χ2v) is 5.81. The minimum Gasteiger partial charge on any atom is -0.372 e. The second kappa shape index (κ2) is 9.65. The Morgan fingerprint density at radius 1 is 1.17 bits per heavy atom. The van der Waals surface area contributed by atoms with Gasteiger partial charge in [-0.3, -0.25) is 4.99 Å². The van der Waals surface area contributed by atoms with Crippen LogP contribution in [0.5, 0.6) is 0 Å². The van der Waals surface area contributed by atoms with Gasteiger partial charge in [0.15, 0.2) is 5.96 Å². The van der Waals surface area contributed by atoms with E-state index in [4.69, 9.17) is 0 Å². The first-order valence-electron chi connectivity index (χ1n) is 8.58. The summed E-state index contributed by atoms with van der Waals surface area (Å²) in [6.07, 6.45) is 5.23. The van der Waals surface area contributed by atoms with Crippen molar-refractivity contribution in [2.75, 3.05) is 31.6 Å². The van der Waals surface area contributed by atoms with Crippen molar-refractivity contribution in [2.24, 2.45) is 12.0 Å². The molecule has 1 heterocycles. The van der Waals surface area contributed by atoms with Gasteiger partial charge >= 0.3 is 0 Å². The first kappa shape index (κ1) is 17.9. The molecule has 0 aliphatic carbocycles. The largest absolute Gasteiger partial charge is 0.372 e. The summed E-state index contributed by atoms with van der Waals surface area (Å²) < 4.78 is 2.05. The van der Waals surface area contributed by atoms with Crippen molar-refractivity contribution >= 4 is 11.6 Å². The molecule has 0 radical (unpaired) electrons. The molecule has 1 aromatic heterocycles. The lowest BCUT2D eigenvalue weighted by molar-refractivity contribution is 0.708. The zero-order valence-electron chi connectivity index (χ0n) is 15.0. The summed E-state index contributed by atoms with van der Waals surface area (Å²) in [6.45, 7) is 5.93. The van der Waals surface area contributed by atoms with Gasteiger partial charge in [0.05, 0.1) is 0 Å². The highest BCUT2D eigenvalue weighted by Crippen LogP contribution is 2.12. The summed E-state index contributed by atoms with van der Waals surface area (Å²) in [4.78, 5) is 6.67. The maximum absolute atomic E-state index is 4.28. The Morgan fingerprint density at radius 3 is 2.58 bits per heavy atom. The minimum absolute atomic E-state index is 0.783. The number of guanidine groups is 1. The van der Waals surface area contributed by atoms with Crippen molar-refractivity contribution in [3.63, 3.8) is 0 Å². The van der Waals surface area contributed by atoms with Gasteiger partial charge in [-0.1, -0.05) is 18.2 Å². The average Bonchev–Trinajstić information content (AvgIpc) is 3.03. The highest BCUT2D eigenvalue weighted by Gasteiger charge is 2.04. The number of hydrogen-bond acceptors (Lipinski definition) is 2. The highest BCUT2D eigenvalue weighted by atomic mass is 15.2. The van der Waals surface area contributed by atoms with Gasteiger partial charge in [0.2, 0.25) is 0 Å². The number of benzene rings is 1. The van der Waals surface area contributed by atoms with Crippen molar-refractivity contribution in [1.82, 2.24) is 15.2 Å². The van der Waals surface area contributed by atoms with Gasteiger partial charge < -0.3 is 20.1 Å². The fourth-order valence-electron chi connectivity index (χ4n) is 2.66. The quantitative estimate of drug-likeness (QED) is 0.445. The molecule has 0 aliphatic heterocycles. The van der Waals surface area contributed by atoms with E-state index in [0.29, 0.717) is 0 Å². The maximum Gasteiger partial charge on any atom is 0.191 e. The van der Waals surface area contributed by atoms with E-state index in [2.05, 4.69) is 80.8 Å². The Morgan fingerprint density at radius 2 is 1.96 bits per heavy atom. The van der Waals surface area contributed by atoms with Gasteiger partial charge in [-0.05, 0) is 37.1 Å². The monoisotopic (exact) mass is 327 g/mol. The molecular formula is C19H29N5. The summed E-state index contributed by atoms with van der Waals surface area (Å²) >= 11 is 0. The van der Waals surface area contributed by atoms with Gasteiger partial charge in [0.25, 0.3) is 0 Å². The molecular weight excluding hydrogens is 298 g/mol. The maximum atomic E-state index is 4.28. The van der Waals surface area contributed by atoms with Gasteiger partial charge in [-0.15, -0.1) is 0 Å². The molecule has 0 fully saturated rings. The van der Waals surface area contributed by atoms with E-state index in [1.165, 1.54) is 11.3 Å². The molecule has 130 valence electrons. The summed E-state index contributed by atoms with van der Waals surface area (Å²) in [5.41, 5.74) is 2.54.